The van der Waals surface area contributed by atoms with Gasteiger partial charge in [-0.2, -0.15) is 0 Å². The minimum absolute atomic E-state index is 0.178. The minimum atomic E-state index is -0.345. The van der Waals surface area contributed by atoms with E-state index in [9.17, 15) is 4.79 Å². The second-order valence-corrected chi connectivity index (χ2v) is 4.29. The van der Waals surface area contributed by atoms with Crippen molar-refractivity contribution in [1.29, 1.82) is 0 Å². The number of hydrogen-bond donors (Lipinski definition) is 1. The summed E-state index contributed by atoms with van der Waals surface area (Å²) in [4.78, 5) is 11.7. The van der Waals surface area contributed by atoms with Gasteiger partial charge in [0.05, 0.1) is 6.42 Å². The molecule has 2 aromatic carbocycles. The van der Waals surface area contributed by atoms with Crippen molar-refractivity contribution in [3.8, 4) is 5.75 Å². The monoisotopic (exact) mass is 261 g/mol. The zero-order chi connectivity index (χ0) is 13.0. The molecule has 0 fully saturated rings. The highest BCUT2D eigenvalue weighted by atomic mass is 35.5. The summed E-state index contributed by atoms with van der Waals surface area (Å²) in [5.41, 5.74) is 7.09. The molecule has 92 valence electrons. The Morgan fingerprint density at radius 2 is 1.94 bits per heavy atom. The van der Waals surface area contributed by atoms with Gasteiger partial charge in [0.25, 0.3) is 0 Å². The molecule has 0 saturated heterocycles. The number of ether oxygens (including phenoxy) is 1. The van der Waals surface area contributed by atoms with Crippen molar-refractivity contribution in [1.82, 2.24) is 0 Å². The van der Waals surface area contributed by atoms with Crippen molar-refractivity contribution >= 4 is 23.3 Å². The first kappa shape index (κ1) is 12.5. The Morgan fingerprint density at radius 1 is 1.17 bits per heavy atom. The third-order valence-corrected chi connectivity index (χ3v) is 2.56. The van der Waals surface area contributed by atoms with Gasteiger partial charge < -0.3 is 10.5 Å². The zero-order valence-electron chi connectivity index (χ0n) is 9.60. The second kappa shape index (κ2) is 5.56. The minimum Gasteiger partial charge on any atom is -0.426 e. The van der Waals surface area contributed by atoms with Crippen molar-refractivity contribution in [3.05, 3.63) is 59.1 Å². The molecule has 0 heterocycles. The second-order valence-electron chi connectivity index (χ2n) is 3.85. The number of rotatable bonds is 3. The highest BCUT2D eigenvalue weighted by Gasteiger charge is 2.06. The third-order valence-electron chi connectivity index (χ3n) is 2.33. The number of nitrogens with two attached hydrogens (primary N) is 1. The highest BCUT2D eigenvalue weighted by Crippen LogP contribution is 2.18. The molecular formula is C14H12ClNO2. The Kier molecular flexibility index (Phi) is 3.85. The molecule has 3 nitrogen and oxygen atoms in total. The Labute approximate surface area is 110 Å². The summed E-state index contributed by atoms with van der Waals surface area (Å²) in [7, 11) is 0. The quantitative estimate of drug-likeness (QED) is 0.525. The van der Waals surface area contributed by atoms with E-state index in [1.165, 1.54) is 0 Å². The summed E-state index contributed by atoms with van der Waals surface area (Å²) in [5, 5.41) is 0.532. The average Bonchev–Trinajstić information content (AvgIpc) is 2.28. The number of hydrogen-bond acceptors (Lipinski definition) is 3. The predicted octanol–water partition coefficient (Wildman–Crippen LogP) is 3.07. The van der Waals surface area contributed by atoms with Crippen LogP contribution in [0, 0.1) is 0 Å². The van der Waals surface area contributed by atoms with Crippen LogP contribution in [-0.2, 0) is 11.2 Å². The summed E-state index contributed by atoms with van der Waals surface area (Å²) in [5.74, 6) is 0.0965. The fourth-order valence-electron chi connectivity index (χ4n) is 1.57. The summed E-state index contributed by atoms with van der Waals surface area (Å²) < 4.78 is 5.17. The van der Waals surface area contributed by atoms with Crippen molar-refractivity contribution < 1.29 is 9.53 Å². The number of carbonyl (C=O) groups is 1. The molecule has 0 bridgehead atoms. The number of esters is 1. The zero-order valence-corrected chi connectivity index (χ0v) is 10.4. The van der Waals surface area contributed by atoms with E-state index in [1.807, 2.05) is 6.07 Å². The van der Waals surface area contributed by atoms with Gasteiger partial charge in [0.15, 0.2) is 0 Å². The fourth-order valence-corrected chi connectivity index (χ4v) is 1.75. The number of nitrogen functional groups attached to an aromatic ring is 1. The first-order valence-electron chi connectivity index (χ1n) is 5.44. The molecule has 0 saturated carbocycles. The van der Waals surface area contributed by atoms with E-state index >= 15 is 0 Å². The van der Waals surface area contributed by atoms with E-state index in [0.717, 1.165) is 5.56 Å². The molecule has 18 heavy (non-hydrogen) atoms. The lowest BCUT2D eigenvalue weighted by Crippen LogP contribution is -2.11. The van der Waals surface area contributed by atoms with E-state index < -0.39 is 0 Å². The maximum absolute atomic E-state index is 11.7. The molecule has 0 unspecified atom stereocenters. The van der Waals surface area contributed by atoms with Gasteiger partial charge in [-0.3, -0.25) is 4.79 Å². The van der Waals surface area contributed by atoms with Gasteiger partial charge in [0, 0.05) is 10.7 Å². The molecule has 0 aliphatic heterocycles. The molecule has 0 radical (unpaired) electrons. The Morgan fingerprint density at radius 3 is 2.67 bits per heavy atom. The summed E-state index contributed by atoms with van der Waals surface area (Å²) in [6.45, 7) is 0. The first-order valence-corrected chi connectivity index (χ1v) is 5.82. The molecule has 2 aromatic rings. The predicted molar refractivity (Wildman–Crippen MR) is 71.6 cm³/mol. The largest absolute Gasteiger partial charge is 0.426 e. The molecule has 0 amide bonds. The molecule has 0 aromatic heterocycles. The number of carbonyl (C=O) groups excluding carboxylic acids is 1. The van der Waals surface area contributed by atoms with Crippen molar-refractivity contribution in [3.63, 3.8) is 0 Å². The standard InChI is InChI=1S/C14H12ClNO2/c15-11-4-2-6-13(9-11)18-14(17)8-10-3-1-5-12(16)7-10/h1-7,9H,8,16H2. The van der Waals surface area contributed by atoms with E-state index in [2.05, 4.69) is 0 Å². The molecule has 2 rings (SSSR count). The van der Waals surface area contributed by atoms with Crippen LogP contribution >= 0.6 is 11.6 Å². The smallest absolute Gasteiger partial charge is 0.315 e. The summed E-state index contributed by atoms with van der Waals surface area (Å²) >= 11 is 5.80. The van der Waals surface area contributed by atoms with Crippen LogP contribution in [0.2, 0.25) is 5.02 Å². The van der Waals surface area contributed by atoms with Crippen LogP contribution in [0.15, 0.2) is 48.5 Å². The van der Waals surface area contributed by atoms with Gasteiger partial charge >= 0.3 is 5.97 Å². The Balaban J connectivity index is 2.01. The molecule has 0 atom stereocenters. The molecule has 0 aliphatic rings. The number of benzene rings is 2. The topological polar surface area (TPSA) is 52.3 Å². The van der Waals surface area contributed by atoms with Crippen LogP contribution < -0.4 is 10.5 Å². The molecule has 2 N–H and O–H groups in total. The van der Waals surface area contributed by atoms with Gasteiger partial charge in [-0.15, -0.1) is 0 Å². The normalized spacial score (nSPS) is 10.1. The van der Waals surface area contributed by atoms with Crippen LogP contribution in [0.1, 0.15) is 5.56 Å². The van der Waals surface area contributed by atoms with Crippen LogP contribution in [0.25, 0.3) is 0 Å². The van der Waals surface area contributed by atoms with E-state index in [0.29, 0.717) is 16.5 Å². The van der Waals surface area contributed by atoms with Gasteiger partial charge in [-0.25, -0.2) is 0 Å². The average molecular weight is 262 g/mol. The fraction of sp³-hybridized carbons (Fsp3) is 0.0714. The van der Waals surface area contributed by atoms with Crippen molar-refractivity contribution in [2.45, 2.75) is 6.42 Å². The van der Waals surface area contributed by atoms with E-state index in [4.69, 9.17) is 22.1 Å². The van der Waals surface area contributed by atoms with E-state index in [1.54, 1.807) is 42.5 Å². The maximum atomic E-state index is 11.7. The van der Waals surface area contributed by atoms with Crippen LogP contribution in [0.4, 0.5) is 5.69 Å². The summed E-state index contributed by atoms with van der Waals surface area (Å²) in [6, 6.07) is 13.9. The lowest BCUT2D eigenvalue weighted by molar-refractivity contribution is -0.133. The highest BCUT2D eigenvalue weighted by molar-refractivity contribution is 6.30. The van der Waals surface area contributed by atoms with Gasteiger partial charge in [0.2, 0.25) is 0 Å². The molecule has 4 heteroatoms. The van der Waals surface area contributed by atoms with Crippen LogP contribution in [0.3, 0.4) is 0 Å². The Hall–Kier alpha value is -2.00. The van der Waals surface area contributed by atoms with Gasteiger partial charge in [0.1, 0.15) is 5.75 Å². The van der Waals surface area contributed by atoms with Gasteiger partial charge in [-0.1, -0.05) is 29.8 Å². The van der Waals surface area contributed by atoms with Gasteiger partial charge in [-0.05, 0) is 35.9 Å². The Bertz CT molecular complexity index is 520. The summed E-state index contributed by atoms with van der Waals surface area (Å²) in [6.07, 6.45) is 0.178. The number of anilines is 1. The van der Waals surface area contributed by atoms with E-state index in [-0.39, 0.29) is 12.4 Å². The van der Waals surface area contributed by atoms with Crippen molar-refractivity contribution in [2.75, 3.05) is 5.73 Å². The lowest BCUT2D eigenvalue weighted by atomic mass is 10.1. The lowest BCUT2D eigenvalue weighted by Gasteiger charge is -2.05. The molecule has 0 aliphatic carbocycles. The van der Waals surface area contributed by atoms with Crippen molar-refractivity contribution in [2.24, 2.45) is 0 Å². The van der Waals surface area contributed by atoms with Crippen LogP contribution in [-0.4, -0.2) is 5.97 Å². The SMILES string of the molecule is Nc1cccc(CC(=O)Oc2cccc(Cl)c2)c1. The number of halogens is 1. The third kappa shape index (κ3) is 3.50. The van der Waals surface area contributed by atoms with Crippen LogP contribution in [0.5, 0.6) is 5.75 Å². The molecular weight excluding hydrogens is 250 g/mol. The first-order chi connectivity index (χ1) is 8.63. The maximum Gasteiger partial charge on any atom is 0.315 e. The molecule has 0 spiro atoms.